The van der Waals surface area contributed by atoms with Gasteiger partial charge in [-0.3, -0.25) is 0 Å². The molecule has 0 fully saturated rings. The number of rotatable bonds is 5. The molecule has 0 aliphatic rings. The predicted molar refractivity (Wildman–Crippen MR) is 86.8 cm³/mol. The van der Waals surface area contributed by atoms with Crippen LogP contribution in [0.3, 0.4) is 0 Å². The summed E-state index contributed by atoms with van der Waals surface area (Å²) in [7, 11) is 0. The maximum absolute atomic E-state index is 14.3. The van der Waals surface area contributed by atoms with E-state index in [9.17, 15) is 4.39 Å². The van der Waals surface area contributed by atoms with E-state index < -0.39 is 0 Å². The fourth-order valence-electron chi connectivity index (χ4n) is 3.25. The number of aryl methyl sites for hydroxylation is 1. The smallest absolute Gasteiger partial charge is 0.128 e. The number of nitrogens with two attached hydrogens (primary N) is 1. The molecule has 0 aliphatic heterocycles. The average molecular weight is 285 g/mol. The molecule has 0 aromatic heterocycles. The van der Waals surface area contributed by atoms with E-state index in [0.29, 0.717) is 5.56 Å². The van der Waals surface area contributed by atoms with Gasteiger partial charge in [0.15, 0.2) is 0 Å². The molecule has 112 valence electrons. The second kappa shape index (κ2) is 6.40. The fraction of sp³-hybridized carbons (Fsp3) is 0.368. The zero-order valence-electron chi connectivity index (χ0n) is 13.1. The molecule has 0 radical (unpaired) electrons. The molecule has 21 heavy (non-hydrogen) atoms. The summed E-state index contributed by atoms with van der Waals surface area (Å²) in [6.07, 6.45) is 1.75. The summed E-state index contributed by atoms with van der Waals surface area (Å²) in [6, 6.07) is 15.1. The summed E-state index contributed by atoms with van der Waals surface area (Å²) < 4.78 is 14.3. The molecule has 1 unspecified atom stereocenters. The van der Waals surface area contributed by atoms with Crippen molar-refractivity contribution in [3.63, 3.8) is 0 Å². The number of benzene rings is 2. The fourth-order valence-corrected chi connectivity index (χ4v) is 3.25. The van der Waals surface area contributed by atoms with E-state index in [4.69, 9.17) is 5.73 Å². The number of hydrogen-bond donors (Lipinski definition) is 1. The monoisotopic (exact) mass is 285 g/mol. The molecule has 1 atom stereocenters. The second-order valence-corrected chi connectivity index (χ2v) is 5.73. The summed E-state index contributed by atoms with van der Waals surface area (Å²) in [5, 5.41) is 0. The van der Waals surface area contributed by atoms with Gasteiger partial charge in [0.2, 0.25) is 0 Å². The van der Waals surface area contributed by atoms with Crippen LogP contribution in [-0.2, 0) is 5.41 Å². The Bertz CT molecular complexity index is 588. The van der Waals surface area contributed by atoms with Crippen LogP contribution in [-0.4, -0.2) is 0 Å². The van der Waals surface area contributed by atoms with Crippen LogP contribution in [0, 0.1) is 12.7 Å². The summed E-state index contributed by atoms with van der Waals surface area (Å²) in [4.78, 5) is 0. The first-order chi connectivity index (χ1) is 10.0. The van der Waals surface area contributed by atoms with Gasteiger partial charge in [-0.2, -0.15) is 0 Å². The molecule has 0 spiro atoms. The Hall–Kier alpha value is -1.67. The largest absolute Gasteiger partial charge is 0.323 e. The zero-order valence-corrected chi connectivity index (χ0v) is 13.1. The lowest BCUT2D eigenvalue weighted by Crippen LogP contribution is -2.38. The molecule has 2 N–H and O–H groups in total. The van der Waals surface area contributed by atoms with E-state index in [2.05, 4.69) is 26.0 Å². The number of halogens is 1. The molecular formula is C19H24FN. The maximum atomic E-state index is 14.3. The summed E-state index contributed by atoms with van der Waals surface area (Å²) in [5.41, 5.74) is 9.15. The quantitative estimate of drug-likeness (QED) is 0.831. The molecule has 1 nitrogen and oxygen atoms in total. The third-order valence-corrected chi connectivity index (χ3v) is 4.69. The van der Waals surface area contributed by atoms with Crippen LogP contribution in [0.1, 0.15) is 49.4 Å². The Morgan fingerprint density at radius 2 is 1.67 bits per heavy atom. The van der Waals surface area contributed by atoms with E-state index >= 15 is 0 Å². The SMILES string of the molecule is CCC(CC)(c1ccccc1)C(N)c1cc(C)ccc1F. The van der Waals surface area contributed by atoms with Gasteiger partial charge >= 0.3 is 0 Å². The first kappa shape index (κ1) is 15.7. The highest BCUT2D eigenvalue weighted by atomic mass is 19.1. The molecule has 2 heteroatoms. The highest BCUT2D eigenvalue weighted by molar-refractivity contribution is 5.35. The van der Waals surface area contributed by atoms with Gasteiger partial charge in [-0.05, 0) is 31.4 Å². The van der Waals surface area contributed by atoms with Crippen LogP contribution in [0.15, 0.2) is 48.5 Å². The highest BCUT2D eigenvalue weighted by Crippen LogP contribution is 2.42. The van der Waals surface area contributed by atoms with Crippen molar-refractivity contribution in [2.24, 2.45) is 5.73 Å². The van der Waals surface area contributed by atoms with E-state index in [0.717, 1.165) is 18.4 Å². The Morgan fingerprint density at radius 1 is 1.05 bits per heavy atom. The van der Waals surface area contributed by atoms with Crippen LogP contribution in [0.25, 0.3) is 0 Å². The molecule has 0 bridgehead atoms. The van der Waals surface area contributed by atoms with Crippen molar-refractivity contribution in [3.8, 4) is 0 Å². The van der Waals surface area contributed by atoms with Gasteiger partial charge in [0.25, 0.3) is 0 Å². The van der Waals surface area contributed by atoms with Gasteiger partial charge in [-0.25, -0.2) is 4.39 Å². The van der Waals surface area contributed by atoms with Gasteiger partial charge in [0.05, 0.1) is 0 Å². The molecular weight excluding hydrogens is 261 g/mol. The minimum Gasteiger partial charge on any atom is -0.323 e. The predicted octanol–water partition coefficient (Wildman–Crippen LogP) is 4.89. The lowest BCUT2D eigenvalue weighted by atomic mass is 9.68. The van der Waals surface area contributed by atoms with Crippen LogP contribution in [0.2, 0.25) is 0 Å². The molecule has 0 aliphatic carbocycles. The topological polar surface area (TPSA) is 26.0 Å². The normalized spacial score (nSPS) is 13.2. The third-order valence-electron chi connectivity index (χ3n) is 4.69. The van der Waals surface area contributed by atoms with E-state index in [-0.39, 0.29) is 17.3 Å². The lowest BCUT2D eigenvalue weighted by Gasteiger charge is -2.38. The molecule has 0 heterocycles. The van der Waals surface area contributed by atoms with Crippen molar-refractivity contribution >= 4 is 0 Å². The van der Waals surface area contributed by atoms with Gasteiger partial charge in [0, 0.05) is 17.0 Å². The molecule has 2 rings (SSSR count). The Kier molecular flexibility index (Phi) is 4.79. The summed E-state index contributed by atoms with van der Waals surface area (Å²) >= 11 is 0. The highest BCUT2D eigenvalue weighted by Gasteiger charge is 2.37. The van der Waals surface area contributed by atoms with Crippen molar-refractivity contribution < 1.29 is 4.39 Å². The van der Waals surface area contributed by atoms with Gasteiger partial charge < -0.3 is 5.73 Å². The van der Waals surface area contributed by atoms with Crippen molar-refractivity contribution in [3.05, 3.63) is 71.0 Å². The van der Waals surface area contributed by atoms with Crippen molar-refractivity contribution in [2.45, 2.75) is 45.1 Å². The van der Waals surface area contributed by atoms with Crippen molar-refractivity contribution in [1.29, 1.82) is 0 Å². The first-order valence-electron chi connectivity index (χ1n) is 7.62. The third kappa shape index (κ3) is 2.86. The molecule has 2 aromatic carbocycles. The maximum Gasteiger partial charge on any atom is 0.128 e. The van der Waals surface area contributed by atoms with Crippen LogP contribution >= 0.6 is 0 Å². The second-order valence-electron chi connectivity index (χ2n) is 5.73. The van der Waals surface area contributed by atoms with Crippen LogP contribution in [0.4, 0.5) is 4.39 Å². The number of hydrogen-bond acceptors (Lipinski definition) is 1. The standard InChI is InChI=1S/C19H24FN/c1-4-19(5-2,15-9-7-6-8-10-15)18(21)16-13-14(3)11-12-17(16)20/h6-13,18H,4-5,21H2,1-3H3. The Morgan fingerprint density at radius 3 is 2.24 bits per heavy atom. The van der Waals surface area contributed by atoms with E-state index in [1.54, 1.807) is 6.07 Å². The van der Waals surface area contributed by atoms with Gasteiger partial charge in [0.1, 0.15) is 5.82 Å². The summed E-state index contributed by atoms with van der Waals surface area (Å²) in [6.45, 7) is 6.23. The minimum atomic E-state index is -0.352. The zero-order chi connectivity index (χ0) is 15.5. The molecule has 2 aromatic rings. The average Bonchev–Trinajstić information content (AvgIpc) is 2.52. The molecule has 0 saturated heterocycles. The van der Waals surface area contributed by atoms with Crippen LogP contribution < -0.4 is 5.73 Å². The van der Waals surface area contributed by atoms with Crippen LogP contribution in [0.5, 0.6) is 0 Å². The Balaban J connectivity index is 2.54. The van der Waals surface area contributed by atoms with Gasteiger partial charge in [-0.15, -0.1) is 0 Å². The van der Waals surface area contributed by atoms with Crippen molar-refractivity contribution in [2.75, 3.05) is 0 Å². The Labute approximate surface area is 127 Å². The molecule has 0 amide bonds. The molecule has 0 saturated carbocycles. The summed E-state index contributed by atoms with van der Waals surface area (Å²) in [5.74, 6) is -0.213. The lowest BCUT2D eigenvalue weighted by molar-refractivity contribution is 0.315. The van der Waals surface area contributed by atoms with Crippen molar-refractivity contribution in [1.82, 2.24) is 0 Å². The van der Waals surface area contributed by atoms with Gasteiger partial charge in [-0.1, -0.05) is 61.9 Å². The van der Waals surface area contributed by atoms with E-state index in [1.165, 1.54) is 11.6 Å². The van der Waals surface area contributed by atoms with E-state index in [1.807, 2.05) is 31.2 Å². The first-order valence-corrected chi connectivity index (χ1v) is 7.62. The minimum absolute atomic E-state index is 0.213.